The largest absolute Gasteiger partial charge is 0.496 e. The number of carbonyl (C=O) groups excluding carboxylic acids is 2. The van der Waals surface area contributed by atoms with Crippen molar-refractivity contribution in [2.24, 2.45) is 0 Å². The summed E-state index contributed by atoms with van der Waals surface area (Å²) in [4.78, 5) is 41.8. The Morgan fingerprint density at radius 1 is 0.736 bits per heavy atom. The lowest BCUT2D eigenvalue weighted by atomic mass is 9.91. The van der Waals surface area contributed by atoms with Gasteiger partial charge in [-0.2, -0.15) is 5.26 Å². The Kier molecular flexibility index (Phi) is 16.7. The van der Waals surface area contributed by atoms with Crippen LogP contribution in [0.25, 0.3) is 0 Å². The molecule has 2 aromatic carbocycles. The van der Waals surface area contributed by atoms with Crippen LogP contribution in [0.3, 0.4) is 0 Å². The van der Waals surface area contributed by atoms with Crippen molar-refractivity contribution in [2.75, 3.05) is 28.4 Å². The zero-order valence-electron chi connectivity index (χ0n) is 32.1. The molecule has 0 saturated carbocycles. The van der Waals surface area contributed by atoms with Gasteiger partial charge in [0.2, 0.25) is 0 Å². The third-order valence-electron chi connectivity index (χ3n) is 8.72. The molecule has 0 spiro atoms. The molecule has 2 N–H and O–H groups in total. The third-order valence-corrected chi connectivity index (χ3v) is 10.8. The number of methoxy groups -OCH3 is 2. The summed E-state index contributed by atoms with van der Waals surface area (Å²) in [7, 11) is -1.47. The second-order valence-corrected chi connectivity index (χ2v) is 15.6. The number of benzene rings is 2. The molecule has 2 aliphatic heterocycles. The van der Waals surface area contributed by atoms with Crippen molar-refractivity contribution in [3.63, 3.8) is 0 Å². The van der Waals surface area contributed by atoms with Crippen molar-refractivity contribution < 1.29 is 56.5 Å². The Morgan fingerprint density at radius 3 is 1.42 bits per heavy atom. The van der Waals surface area contributed by atoms with Crippen LogP contribution < -0.4 is 9.47 Å². The highest BCUT2D eigenvalue weighted by Gasteiger charge is 2.31. The minimum absolute atomic E-state index is 0.261. The Morgan fingerprint density at radius 2 is 1.09 bits per heavy atom. The third kappa shape index (κ3) is 11.4. The first-order chi connectivity index (χ1) is 24.8. The standard InChI is InChI=1S/C19H25O6P.C17H21O6P.C2H3N/c1-12(9-10-26(21,23-5)24-6)7-8-15-13(2)17-16(11-25-19(17)20)14(3)18(15)22-4;1-10(7-8-24(19,20)21)5-6-13-11(2)15-14(9-23-17(15)18)12(3)16(13)22-4;1-2-3/h7,9-10H,8,11H2,1-6H3;5,7-8H,6,9H2,1-4H3,(H2,19,20,21);1H3/b10-9+,12-7+;8-7+,10-5+;. The molecule has 0 amide bonds. The van der Waals surface area contributed by atoms with E-state index < -0.39 is 15.2 Å². The fraction of sp³-hybridized carbons (Fsp3) is 0.395. The summed E-state index contributed by atoms with van der Waals surface area (Å²) in [5.74, 6) is 3.17. The maximum absolute atomic E-state index is 12.1. The minimum atomic E-state index is -4.17. The molecular formula is C38H49NO12P2. The van der Waals surface area contributed by atoms with E-state index in [-0.39, 0.29) is 18.5 Å². The van der Waals surface area contributed by atoms with Crippen molar-refractivity contribution in [3.8, 4) is 17.6 Å². The second-order valence-electron chi connectivity index (χ2n) is 12.0. The Labute approximate surface area is 311 Å². The van der Waals surface area contributed by atoms with Gasteiger partial charge < -0.3 is 37.8 Å². The lowest BCUT2D eigenvalue weighted by Gasteiger charge is -2.17. The van der Waals surface area contributed by atoms with Gasteiger partial charge in [0, 0.05) is 55.0 Å². The molecule has 0 aromatic heterocycles. The lowest BCUT2D eigenvalue weighted by molar-refractivity contribution is 0.0525. The summed E-state index contributed by atoms with van der Waals surface area (Å²) in [6.07, 6.45) is 7.94. The average Bonchev–Trinajstić information content (AvgIpc) is 3.71. The Balaban J connectivity index is 0.000000342. The molecule has 53 heavy (non-hydrogen) atoms. The highest BCUT2D eigenvalue weighted by molar-refractivity contribution is 7.57. The zero-order valence-corrected chi connectivity index (χ0v) is 33.9. The maximum atomic E-state index is 12.1. The first-order valence-electron chi connectivity index (χ1n) is 16.4. The smallest absolute Gasteiger partial charge is 0.353 e. The van der Waals surface area contributed by atoms with Crippen LogP contribution in [0, 0.1) is 39.0 Å². The molecule has 0 unspecified atom stereocenters. The van der Waals surface area contributed by atoms with Gasteiger partial charge in [0.15, 0.2) is 0 Å². The van der Waals surface area contributed by atoms with Gasteiger partial charge in [-0.3, -0.25) is 9.13 Å². The molecule has 0 bridgehead atoms. The van der Waals surface area contributed by atoms with Crippen LogP contribution in [0.15, 0.2) is 47.1 Å². The molecule has 2 heterocycles. The van der Waals surface area contributed by atoms with Crippen LogP contribution in [-0.4, -0.2) is 50.2 Å². The van der Waals surface area contributed by atoms with Crippen molar-refractivity contribution in [2.45, 2.75) is 74.5 Å². The first-order valence-corrected chi connectivity index (χ1v) is 19.7. The van der Waals surface area contributed by atoms with E-state index in [1.807, 2.05) is 46.8 Å². The lowest BCUT2D eigenvalue weighted by Crippen LogP contribution is -2.06. The Hall–Kier alpha value is -4.27. The van der Waals surface area contributed by atoms with Crippen LogP contribution in [0.5, 0.6) is 11.5 Å². The zero-order chi connectivity index (χ0) is 40.3. The van der Waals surface area contributed by atoms with Gasteiger partial charge in [-0.25, -0.2) is 9.59 Å². The number of esters is 2. The number of hydrogen-bond donors (Lipinski definition) is 2. The van der Waals surface area contributed by atoms with Crippen molar-refractivity contribution in [1.82, 2.24) is 0 Å². The van der Waals surface area contributed by atoms with E-state index in [1.165, 1.54) is 33.0 Å². The SMILES string of the molecule is CC#N.COc1c(C)c2c(c(C)c1C/C=C(C)/C=C/P(=O)(O)O)C(=O)OC2.COc1c(C)c2c(c(C)c1C/C=C(C)/C=C/P(=O)(OC)OC)C(=O)OC2. The molecule has 0 aliphatic carbocycles. The topological polar surface area (TPSA) is 188 Å². The number of nitriles is 1. The molecule has 2 aliphatic rings. The fourth-order valence-corrected chi connectivity index (χ4v) is 7.10. The number of ether oxygens (including phenoxy) is 4. The summed E-state index contributed by atoms with van der Waals surface area (Å²) in [6, 6.07) is 1.75. The van der Waals surface area contributed by atoms with E-state index in [4.69, 9.17) is 43.0 Å². The predicted octanol–water partition coefficient (Wildman–Crippen LogP) is 8.16. The molecule has 4 rings (SSSR count). The molecule has 0 saturated heterocycles. The summed E-state index contributed by atoms with van der Waals surface area (Å²) in [6.45, 7) is 13.2. The molecule has 0 atom stereocenters. The number of nitrogens with zero attached hydrogens (tertiary/aromatic N) is 1. The van der Waals surface area contributed by atoms with Crippen LogP contribution in [0.1, 0.15) is 86.0 Å². The van der Waals surface area contributed by atoms with Crippen LogP contribution in [0.4, 0.5) is 0 Å². The van der Waals surface area contributed by atoms with Gasteiger partial charge >= 0.3 is 27.1 Å². The highest BCUT2D eigenvalue weighted by atomic mass is 31.2. The van der Waals surface area contributed by atoms with Gasteiger partial charge in [0.1, 0.15) is 24.7 Å². The van der Waals surface area contributed by atoms with Gasteiger partial charge in [0.05, 0.1) is 31.4 Å². The van der Waals surface area contributed by atoms with E-state index in [2.05, 4.69) is 0 Å². The molecule has 0 fully saturated rings. The van der Waals surface area contributed by atoms with Crippen molar-refractivity contribution in [1.29, 1.82) is 5.26 Å². The molecule has 13 nitrogen and oxygen atoms in total. The highest BCUT2D eigenvalue weighted by Crippen LogP contribution is 2.48. The van der Waals surface area contributed by atoms with E-state index in [1.54, 1.807) is 33.3 Å². The van der Waals surface area contributed by atoms with E-state index in [0.29, 0.717) is 41.9 Å². The summed E-state index contributed by atoms with van der Waals surface area (Å²) < 4.78 is 54.2. The number of hydrogen-bond acceptors (Lipinski definition) is 11. The fourth-order valence-electron chi connectivity index (χ4n) is 5.86. The number of allylic oxidation sites excluding steroid dienone is 6. The number of rotatable bonds is 12. The van der Waals surface area contributed by atoms with E-state index in [9.17, 15) is 18.7 Å². The second kappa shape index (κ2) is 19.7. The van der Waals surface area contributed by atoms with Crippen LogP contribution in [0.2, 0.25) is 0 Å². The van der Waals surface area contributed by atoms with Gasteiger partial charge in [-0.05, 0) is 76.6 Å². The number of carbonyl (C=O) groups is 2. The summed E-state index contributed by atoms with van der Waals surface area (Å²) in [5.41, 5.74) is 9.92. The predicted molar refractivity (Wildman–Crippen MR) is 201 cm³/mol. The van der Waals surface area contributed by atoms with E-state index >= 15 is 0 Å². The van der Waals surface area contributed by atoms with Crippen LogP contribution in [-0.2, 0) is 53.7 Å². The molecular weight excluding hydrogens is 724 g/mol. The molecule has 288 valence electrons. The monoisotopic (exact) mass is 773 g/mol. The summed E-state index contributed by atoms with van der Waals surface area (Å²) >= 11 is 0. The maximum Gasteiger partial charge on any atom is 0.353 e. The normalized spacial score (nSPS) is 14.1. The number of fused-ring (bicyclic) bond motifs is 2. The first kappa shape index (κ1) is 44.9. The van der Waals surface area contributed by atoms with Crippen molar-refractivity contribution in [3.05, 3.63) is 103 Å². The molecule has 0 radical (unpaired) electrons. The summed E-state index contributed by atoms with van der Waals surface area (Å²) in [5, 5.41) is 7.32. The minimum Gasteiger partial charge on any atom is -0.496 e. The molecule has 2 aromatic rings. The van der Waals surface area contributed by atoms with Gasteiger partial charge in [-0.15, -0.1) is 0 Å². The Bertz CT molecular complexity index is 1970. The van der Waals surface area contributed by atoms with Crippen LogP contribution >= 0.6 is 15.2 Å². The molecule has 15 heteroatoms. The quantitative estimate of drug-likeness (QED) is 0.120. The van der Waals surface area contributed by atoms with E-state index in [0.717, 1.165) is 61.6 Å². The van der Waals surface area contributed by atoms with Crippen molar-refractivity contribution >= 4 is 27.1 Å². The average molecular weight is 774 g/mol. The van der Waals surface area contributed by atoms with Gasteiger partial charge in [0.25, 0.3) is 0 Å². The van der Waals surface area contributed by atoms with Gasteiger partial charge in [-0.1, -0.05) is 35.5 Å². The number of cyclic esters (lactones) is 2.